The molecule has 1 fully saturated rings. The van der Waals surface area contributed by atoms with E-state index in [0.717, 1.165) is 12.1 Å². The Morgan fingerprint density at radius 1 is 1.35 bits per heavy atom. The van der Waals surface area contributed by atoms with Gasteiger partial charge in [-0.2, -0.15) is 4.39 Å². The van der Waals surface area contributed by atoms with E-state index in [-0.39, 0.29) is 5.56 Å². The highest BCUT2D eigenvalue weighted by molar-refractivity contribution is 5.39. The van der Waals surface area contributed by atoms with Gasteiger partial charge in [-0.25, -0.2) is 8.78 Å². The smallest absolute Gasteiger partial charge is 0.304 e. The highest BCUT2D eigenvalue weighted by Crippen LogP contribution is 2.50. The lowest BCUT2D eigenvalue weighted by Gasteiger charge is -2.44. The standard InChI is InChI=1S/C10H9F3N2O2/c11-7-3-6(1-2-8(7)15(16)17)9(14)4-10(12,13)5-9/h1-3H,4-5,14H2. The van der Waals surface area contributed by atoms with E-state index in [1.807, 2.05) is 0 Å². The fourth-order valence-corrected chi connectivity index (χ4v) is 2.04. The van der Waals surface area contributed by atoms with E-state index in [1.54, 1.807) is 0 Å². The summed E-state index contributed by atoms with van der Waals surface area (Å²) in [5.74, 6) is -3.90. The van der Waals surface area contributed by atoms with Crippen LogP contribution in [0.25, 0.3) is 0 Å². The monoisotopic (exact) mass is 246 g/mol. The Hall–Kier alpha value is -1.63. The molecule has 1 aromatic rings. The molecule has 0 bridgehead atoms. The van der Waals surface area contributed by atoms with Crippen molar-refractivity contribution in [1.82, 2.24) is 0 Å². The van der Waals surface area contributed by atoms with Crippen molar-refractivity contribution in [3.8, 4) is 0 Å². The minimum absolute atomic E-state index is 0.159. The van der Waals surface area contributed by atoms with Crippen LogP contribution in [0.5, 0.6) is 0 Å². The third-order valence-electron chi connectivity index (χ3n) is 2.87. The van der Waals surface area contributed by atoms with Crippen LogP contribution in [0.3, 0.4) is 0 Å². The average Bonchev–Trinajstić information content (AvgIpc) is 2.13. The zero-order valence-electron chi connectivity index (χ0n) is 8.62. The first-order valence-corrected chi connectivity index (χ1v) is 4.85. The van der Waals surface area contributed by atoms with Crippen LogP contribution >= 0.6 is 0 Å². The number of halogens is 3. The van der Waals surface area contributed by atoms with Gasteiger partial charge in [-0.05, 0) is 11.6 Å². The molecule has 92 valence electrons. The highest BCUT2D eigenvalue weighted by Gasteiger charge is 2.55. The number of hydrogen-bond donors (Lipinski definition) is 1. The molecule has 0 aliphatic heterocycles. The van der Waals surface area contributed by atoms with Gasteiger partial charge in [0, 0.05) is 18.9 Å². The van der Waals surface area contributed by atoms with E-state index >= 15 is 0 Å². The van der Waals surface area contributed by atoms with Crippen LogP contribution < -0.4 is 5.73 Å². The summed E-state index contributed by atoms with van der Waals surface area (Å²) < 4.78 is 38.8. The molecule has 0 saturated heterocycles. The van der Waals surface area contributed by atoms with Crippen LogP contribution in [0.4, 0.5) is 18.9 Å². The number of alkyl halides is 2. The van der Waals surface area contributed by atoms with Crippen molar-refractivity contribution in [1.29, 1.82) is 0 Å². The molecule has 0 spiro atoms. The van der Waals surface area contributed by atoms with Gasteiger partial charge < -0.3 is 5.73 Å². The maximum atomic E-state index is 13.3. The first-order valence-electron chi connectivity index (χ1n) is 4.85. The zero-order valence-corrected chi connectivity index (χ0v) is 8.62. The van der Waals surface area contributed by atoms with Crippen LogP contribution in [-0.4, -0.2) is 10.8 Å². The molecule has 1 aromatic carbocycles. The second-order valence-electron chi connectivity index (χ2n) is 4.29. The van der Waals surface area contributed by atoms with E-state index in [4.69, 9.17) is 5.73 Å². The largest absolute Gasteiger partial charge is 0.321 e. The minimum atomic E-state index is -2.84. The number of hydrogen-bond acceptors (Lipinski definition) is 3. The van der Waals surface area contributed by atoms with Crippen molar-refractivity contribution < 1.29 is 18.1 Å². The Labute approximate surface area is 94.4 Å². The Kier molecular flexibility index (Phi) is 2.39. The van der Waals surface area contributed by atoms with E-state index in [9.17, 15) is 23.3 Å². The number of nitro groups is 1. The molecule has 0 amide bonds. The van der Waals surface area contributed by atoms with Crippen molar-refractivity contribution in [2.75, 3.05) is 0 Å². The first kappa shape index (κ1) is 11.8. The van der Waals surface area contributed by atoms with E-state index in [2.05, 4.69) is 0 Å². The van der Waals surface area contributed by atoms with Crippen LogP contribution in [0.2, 0.25) is 0 Å². The molecule has 0 radical (unpaired) electrons. The van der Waals surface area contributed by atoms with Gasteiger partial charge in [-0.1, -0.05) is 6.07 Å². The van der Waals surface area contributed by atoms with Crippen LogP contribution in [-0.2, 0) is 5.54 Å². The molecular weight excluding hydrogens is 237 g/mol. The summed E-state index contributed by atoms with van der Waals surface area (Å²) in [6, 6.07) is 3.01. The Morgan fingerprint density at radius 2 is 1.94 bits per heavy atom. The van der Waals surface area contributed by atoms with Crippen molar-refractivity contribution in [2.24, 2.45) is 5.73 Å². The molecule has 2 N–H and O–H groups in total. The number of nitrogens with zero attached hydrogens (tertiary/aromatic N) is 1. The van der Waals surface area contributed by atoms with Crippen molar-refractivity contribution in [3.05, 3.63) is 39.7 Å². The number of nitro benzene ring substituents is 1. The minimum Gasteiger partial charge on any atom is -0.321 e. The number of benzene rings is 1. The molecule has 0 aromatic heterocycles. The summed E-state index contributed by atoms with van der Waals surface area (Å²) in [6.07, 6.45) is -1.14. The number of nitrogens with two attached hydrogens (primary N) is 1. The lowest BCUT2D eigenvalue weighted by molar-refractivity contribution is -0.387. The molecule has 0 atom stereocenters. The summed E-state index contributed by atoms with van der Waals surface area (Å²) >= 11 is 0. The normalized spacial score (nSPS) is 20.7. The summed E-state index contributed by atoms with van der Waals surface area (Å²) in [6.45, 7) is 0. The van der Waals surface area contributed by atoms with Gasteiger partial charge in [0.1, 0.15) is 0 Å². The number of rotatable bonds is 2. The molecule has 1 saturated carbocycles. The maximum Gasteiger partial charge on any atom is 0.304 e. The molecule has 1 aliphatic rings. The van der Waals surface area contributed by atoms with E-state index < -0.39 is 40.7 Å². The molecule has 0 unspecified atom stereocenters. The lowest BCUT2D eigenvalue weighted by Crippen LogP contribution is -2.55. The zero-order chi connectivity index (χ0) is 12.8. The Morgan fingerprint density at radius 3 is 2.35 bits per heavy atom. The van der Waals surface area contributed by atoms with Crippen LogP contribution in [0.1, 0.15) is 18.4 Å². The topological polar surface area (TPSA) is 69.2 Å². The molecular formula is C10H9F3N2O2. The third kappa shape index (κ3) is 1.97. The van der Waals surface area contributed by atoms with Gasteiger partial charge in [0.2, 0.25) is 5.82 Å². The van der Waals surface area contributed by atoms with E-state index in [1.165, 1.54) is 6.07 Å². The maximum absolute atomic E-state index is 13.3. The molecule has 7 heteroatoms. The fraction of sp³-hybridized carbons (Fsp3) is 0.400. The predicted molar refractivity (Wildman–Crippen MR) is 53.1 cm³/mol. The van der Waals surface area contributed by atoms with Gasteiger partial charge in [0.05, 0.1) is 10.5 Å². The van der Waals surface area contributed by atoms with Gasteiger partial charge in [0.15, 0.2) is 0 Å². The molecule has 2 rings (SSSR count). The van der Waals surface area contributed by atoms with Gasteiger partial charge in [0.25, 0.3) is 5.92 Å². The van der Waals surface area contributed by atoms with Crippen LogP contribution in [0.15, 0.2) is 18.2 Å². The first-order chi connectivity index (χ1) is 7.73. The molecule has 17 heavy (non-hydrogen) atoms. The van der Waals surface area contributed by atoms with Gasteiger partial charge in [-0.15, -0.1) is 0 Å². The summed E-state index contributed by atoms with van der Waals surface area (Å²) in [5.41, 5.74) is 3.85. The SMILES string of the molecule is NC1(c2ccc([N+](=O)[O-])c(F)c2)CC(F)(F)C1. The second-order valence-corrected chi connectivity index (χ2v) is 4.29. The Balaban J connectivity index is 2.30. The van der Waals surface area contributed by atoms with Crippen molar-refractivity contribution in [3.63, 3.8) is 0 Å². The second kappa shape index (κ2) is 3.43. The molecule has 4 nitrogen and oxygen atoms in total. The Bertz CT molecular complexity index is 482. The quantitative estimate of drug-likeness (QED) is 0.643. The van der Waals surface area contributed by atoms with Crippen molar-refractivity contribution in [2.45, 2.75) is 24.3 Å². The third-order valence-corrected chi connectivity index (χ3v) is 2.87. The summed E-state index contributed by atoms with van der Waals surface area (Å²) in [7, 11) is 0. The van der Waals surface area contributed by atoms with Crippen LogP contribution in [0, 0.1) is 15.9 Å². The van der Waals surface area contributed by atoms with Gasteiger partial charge in [-0.3, -0.25) is 10.1 Å². The molecule has 1 aliphatic carbocycles. The summed E-state index contributed by atoms with van der Waals surface area (Å²) in [5, 5.41) is 10.4. The predicted octanol–water partition coefficient (Wildman–Crippen LogP) is 2.32. The van der Waals surface area contributed by atoms with Crippen molar-refractivity contribution >= 4 is 5.69 Å². The highest BCUT2D eigenvalue weighted by atomic mass is 19.3. The fourth-order valence-electron chi connectivity index (χ4n) is 2.04. The molecule has 0 heterocycles. The average molecular weight is 246 g/mol. The van der Waals surface area contributed by atoms with Gasteiger partial charge >= 0.3 is 5.69 Å². The van der Waals surface area contributed by atoms with E-state index in [0.29, 0.717) is 0 Å². The summed E-state index contributed by atoms with van der Waals surface area (Å²) in [4.78, 5) is 9.51. The lowest BCUT2D eigenvalue weighted by atomic mass is 9.70.